The van der Waals surface area contributed by atoms with Crippen LogP contribution in [0.15, 0.2) is 24.5 Å². The van der Waals surface area contributed by atoms with Crippen molar-refractivity contribution in [3.05, 3.63) is 40.8 Å². The molecular formula is C10H7ClF3N3O. The van der Waals surface area contributed by atoms with Crippen LogP contribution in [0.4, 0.5) is 13.2 Å². The monoisotopic (exact) mass is 277 g/mol. The van der Waals surface area contributed by atoms with Crippen LogP contribution in [0.3, 0.4) is 0 Å². The molecule has 0 aliphatic carbocycles. The first kappa shape index (κ1) is 12.8. The molecule has 4 nitrogen and oxygen atoms in total. The Morgan fingerprint density at radius 3 is 2.61 bits per heavy atom. The van der Waals surface area contributed by atoms with Gasteiger partial charge < -0.3 is 5.11 Å². The van der Waals surface area contributed by atoms with E-state index < -0.39 is 18.3 Å². The highest BCUT2D eigenvalue weighted by molar-refractivity contribution is 6.31. The lowest BCUT2D eigenvalue weighted by Gasteiger charge is -2.04. The molecule has 2 heterocycles. The summed E-state index contributed by atoms with van der Waals surface area (Å²) in [7, 11) is 0. The highest BCUT2D eigenvalue weighted by Crippen LogP contribution is 2.29. The van der Waals surface area contributed by atoms with E-state index >= 15 is 0 Å². The van der Waals surface area contributed by atoms with E-state index in [-0.39, 0.29) is 16.5 Å². The van der Waals surface area contributed by atoms with Crippen LogP contribution < -0.4 is 0 Å². The average Bonchev–Trinajstić information content (AvgIpc) is 2.78. The summed E-state index contributed by atoms with van der Waals surface area (Å²) in [5.74, 6) is 0.152. The second-order valence-corrected chi connectivity index (χ2v) is 3.83. The van der Waals surface area contributed by atoms with Gasteiger partial charge in [-0.1, -0.05) is 11.6 Å². The van der Waals surface area contributed by atoms with Gasteiger partial charge in [-0.05, 0) is 12.1 Å². The fourth-order valence-corrected chi connectivity index (χ4v) is 1.47. The molecule has 2 aromatic rings. The minimum absolute atomic E-state index is 0.152. The molecule has 18 heavy (non-hydrogen) atoms. The Labute approximate surface area is 105 Å². The number of nitrogens with zero attached hydrogens (tertiary/aromatic N) is 3. The molecule has 1 N–H and O–H groups in total. The zero-order valence-corrected chi connectivity index (χ0v) is 9.57. The molecule has 0 fully saturated rings. The first-order chi connectivity index (χ1) is 8.41. The number of rotatable bonds is 2. The Hall–Kier alpha value is -1.60. The summed E-state index contributed by atoms with van der Waals surface area (Å²) in [6, 6.07) is 2.85. The molecule has 2 rings (SSSR count). The van der Waals surface area contributed by atoms with Crippen LogP contribution in [0.1, 0.15) is 11.3 Å². The summed E-state index contributed by atoms with van der Waals surface area (Å²) >= 11 is 5.73. The number of hydrogen-bond donors (Lipinski definition) is 1. The maximum atomic E-state index is 12.4. The Balaban J connectivity index is 2.40. The third-order valence-electron chi connectivity index (χ3n) is 2.20. The highest BCUT2D eigenvalue weighted by Gasteiger charge is 2.32. The molecule has 0 bridgehead atoms. The molecule has 8 heteroatoms. The van der Waals surface area contributed by atoms with Gasteiger partial charge in [-0.15, -0.1) is 0 Å². The van der Waals surface area contributed by atoms with Crippen molar-refractivity contribution in [3.63, 3.8) is 0 Å². The largest absolute Gasteiger partial charge is 0.419 e. The third kappa shape index (κ3) is 2.46. The zero-order valence-electron chi connectivity index (χ0n) is 8.82. The van der Waals surface area contributed by atoms with Crippen molar-refractivity contribution in [1.29, 1.82) is 0 Å². The first-order valence-electron chi connectivity index (χ1n) is 4.80. The number of alkyl halides is 3. The molecular weight excluding hydrogens is 271 g/mol. The molecule has 0 atom stereocenters. The van der Waals surface area contributed by atoms with Gasteiger partial charge in [0, 0.05) is 6.20 Å². The Kier molecular flexibility index (Phi) is 3.27. The van der Waals surface area contributed by atoms with E-state index in [1.54, 1.807) is 0 Å². The molecule has 0 unspecified atom stereocenters. The van der Waals surface area contributed by atoms with Crippen LogP contribution in [-0.4, -0.2) is 19.9 Å². The van der Waals surface area contributed by atoms with Crippen molar-refractivity contribution < 1.29 is 18.3 Å². The number of aliphatic hydroxyl groups excluding tert-OH is 1. The minimum Gasteiger partial charge on any atom is -0.390 e. The number of aromatic nitrogens is 3. The Morgan fingerprint density at radius 2 is 2.06 bits per heavy atom. The van der Waals surface area contributed by atoms with Crippen LogP contribution in [0.25, 0.3) is 5.82 Å². The smallest absolute Gasteiger partial charge is 0.390 e. The maximum absolute atomic E-state index is 12.4. The summed E-state index contributed by atoms with van der Waals surface area (Å²) in [5.41, 5.74) is -0.692. The van der Waals surface area contributed by atoms with Crippen molar-refractivity contribution >= 4 is 11.6 Å². The molecule has 2 aromatic heterocycles. The van der Waals surface area contributed by atoms with Gasteiger partial charge in [-0.25, -0.2) is 9.67 Å². The second-order valence-electron chi connectivity index (χ2n) is 3.43. The van der Waals surface area contributed by atoms with Gasteiger partial charge in [0.05, 0.1) is 29.1 Å². The Morgan fingerprint density at radius 1 is 1.33 bits per heavy atom. The molecule has 0 aliphatic rings. The van der Waals surface area contributed by atoms with E-state index in [2.05, 4.69) is 10.1 Å². The first-order valence-corrected chi connectivity index (χ1v) is 5.18. The molecule has 0 radical (unpaired) electrons. The van der Waals surface area contributed by atoms with E-state index in [1.165, 1.54) is 12.1 Å². The van der Waals surface area contributed by atoms with Crippen molar-refractivity contribution in [1.82, 2.24) is 14.8 Å². The van der Waals surface area contributed by atoms with Crippen LogP contribution in [-0.2, 0) is 12.8 Å². The van der Waals surface area contributed by atoms with Gasteiger partial charge in [0.15, 0.2) is 5.82 Å². The number of pyridine rings is 1. The van der Waals surface area contributed by atoms with Crippen molar-refractivity contribution in [2.24, 2.45) is 0 Å². The predicted octanol–water partition coefficient (Wildman–Crippen LogP) is 2.43. The lowest BCUT2D eigenvalue weighted by atomic mass is 10.3. The topological polar surface area (TPSA) is 50.9 Å². The summed E-state index contributed by atoms with van der Waals surface area (Å²) in [5, 5.41) is 12.8. The number of halogens is 4. The summed E-state index contributed by atoms with van der Waals surface area (Å²) in [6.45, 7) is -0.403. The molecule has 96 valence electrons. The lowest BCUT2D eigenvalue weighted by molar-refractivity contribution is -0.137. The molecule has 0 saturated carbocycles. The lowest BCUT2D eigenvalue weighted by Crippen LogP contribution is -2.04. The van der Waals surface area contributed by atoms with E-state index in [0.717, 1.165) is 10.9 Å². The number of hydrogen-bond acceptors (Lipinski definition) is 3. The molecule has 0 saturated heterocycles. The predicted molar refractivity (Wildman–Crippen MR) is 57.3 cm³/mol. The SMILES string of the molecule is OCc1nc(-n2cc(C(F)(F)F)cn2)ccc1Cl. The van der Waals surface area contributed by atoms with Gasteiger partial charge >= 0.3 is 6.18 Å². The van der Waals surface area contributed by atoms with Crippen molar-refractivity contribution in [3.8, 4) is 5.82 Å². The minimum atomic E-state index is -4.45. The van der Waals surface area contributed by atoms with Crippen LogP contribution in [0, 0.1) is 0 Å². The fourth-order valence-electron chi connectivity index (χ4n) is 1.31. The van der Waals surface area contributed by atoms with E-state index in [4.69, 9.17) is 16.7 Å². The molecule has 0 aromatic carbocycles. The summed E-state index contributed by atoms with van der Waals surface area (Å²) in [4.78, 5) is 3.91. The summed E-state index contributed by atoms with van der Waals surface area (Å²) < 4.78 is 38.1. The zero-order chi connectivity index (χ0) is 13.3. The van der Waals surface area contributed by atoms with Crippen molar-refractivity contribution in [2.75, 3.05) is 0 Å². The average molecular weight is 278 g/mol. The molecule has 0 aliphatic heterocycles. The van der Waals surface area contributed by atoms with E-state index in [1.807, 2.05) is 0 Å². The van der Waals surface area contributed by atoms with Gasteiger partial charge in [-0.3, -0.25) is 0 Å². The standard InChI is InChI=1S/C10H7ClF3N3O/c11-7-1-2-9(16-8(7)5-18)17-4-6(3-15-17)10(12,13)14/h1-4,18H,5H2. The van der Waals surface area contributed by atoms with Crippen molar-refractivity contribution in [2.45, 2.75) is 12.8 Å². The highest BCUT2D eigenvalue weighted by atomic mass is 35.5. The third-order valence-corrected chi connectivity index (χ3v) is 2.54. The van der Waals surface area contributed by atoms with Gasteiger partial charge in [0.25, 0.3) is 0 Å². The van der Waals surface area contributed by atoms with Gasteiger partial charge in [0.1, 0.15) is 0 Å². The number of aliphatic hydroxyl groups is 1. The summed E-state index contributed by atoms with van der Waals surface area (Å²) in [6.07, 6.45) is -2.93. The second kappa shape index (κ2) is 4.58. The van der Waals surface area contributed by atoms with Crippen LogP contribution in [0.2, 0.25) is 5.02 Å². The van der Waals surface area contributed by atoms with E-state index in [0.29, 0.717) is 6.20 Å². The quantitative estimate of drug-likeness (QED) is 0.917. The Bertz CT molecular complexity index is 568. The van der Waals surface area contributed by atoms with Crippen LogP contribution >= 0.6 is 11.6 Å². The molecule has 0 amide bonds. The fraction of sp³-hybridized carbons (Fsp3) is 0.200. The van der Waals surface area contributed by atoms with E-state index in [9.17, 15) is 13.2 Å². The van der Waals surface area contributed by atoms with Crippen LogP contribution in [0.5, 0.6) is 0 Å². The van der Waals surface area contributed by atoms with Gasteiger partial charge in [-0.2, -0.15) is 18.3 Å². The molecule has 0 spiro atoms. The maximum Gasteiger partial charge on any atom is 0.419 e. The normalized spacial score (nSPS) is 11.8. The van der Waals surface area contributed by atoms with Gasteiger partial charge in [0.2, 0.25) is 0 Å².